The fourth-order valence-electron chi connectivity index (χ4n) is 2.75. The average molecular weight is 479 g/mol. The van der Waals surface area contributed by atoms with E-state index in [1.807, 2.05) is 6.92 Å². The maximum absolute atomic E-state index is 14.2. The number of nitrogens with one attached hydrogen (secondary N) is 1. The molecule has 1 heterocycles. The molecule has 0 unspecified atom stereocenters. The fourth-order valence-corrected chi connectivity index (χ4v) is 3.46. The number of halogens is 2. The first kappa shape index (κ1) is 20.9. The number of hydrogen-bond acceptors (Lipinski definition) is 5. The number of rotatable bonds is 5. The predicted molar refractivity (Wildman–Crippen MR) is 114 cm³/mol. The number of amides is 2. The fraction of sp³-hybridized carbons (Fsp3) is 0.150. The number of methoxy groups -OCH3 is 1. The molecule has 29 heavy (non-hydrogen) atoms. The van der Waals surface area contributed by atoms with Crippen LogP contribution in [0.5, 0.6) is 11.5 Å². The monoisotopic (exact) mass is 478 g/mol. The number of carbonyl (C=O) groups excluding carboxylic acids is 2. The zero-order valence-electron chi connectivity index (χ0n) is 15.5. The van der Waals surface area contributed by atoms with E-state index >= 15 is 0 Å². The lowest BCUT2D eigenvalue weighted by Gasteiger charge is -2.29. The summed E-state index contributed by atoms with van der Waals surface area (Å²) in [6, 6.07) is 8.99. The number of ether oxygens (including phenoxy) is 2. The molecule has 2 aromatic carbocycles. The molecule has 0 radical (unpaired) electrons. The molecule has 2 aromatic rings. The predicted octanol–water partition coefficient (Wildman–Crippen LogP) is 3.83. The highest BCUT2D eigenvalue weighted by Gasteiger charge is 2.35. The van der Waals surface area contributed by atoms with Gasteiger partial charge in [0.15, 0.2) is 16.6 Å². The maximum Gasteiger partial charge on any atom is 0.270 e. The minimum Gasteiger partial charge on any atom is -0.493 e. The third-order valence-corrected chi connectivity index (χ3v) is 5.05. The van der Waals surface area contributed by atoms with E-state index in [9.17, 15) is 14.0 Å². The van der Waals surface area contributed by atoms with Crippen molar-refractivity contribution in [2.75, 3.05) is 18.6 Å². The van der Waals surface area contributed by atoms with Gasteiger partial charge in [0.1, 0.15) is 11.4 Å². The third-order valence-electron chi connectivity index (χ3n) is 4.08. The van der Waals surface area contributed by atoms with Gasteiger partial charge in [0.05, 0.1) is 19.4 Å². The Labute approximate surface area is 180 Å². The van der Waals surface area contributed by atoms with Crippen molar-refractivity contribution in [2.45, 2.75) is 6.92 Å². The second-order valence-electron chi connectivity index (χ2n) is 5.87. The first-order valence-electron chi connectivity index (χ1n) is 8.53. The van der Waals surface area contributed by atoms with E-state index < -0.39 is 17.6 Å². The van der Waals surface area contributed by atoms with Crippen molar-refractivity contribution in [1.82, 2.24) is 5.32 Å². The van der Waals surface area contributed by atoms with Crippen LogP contribution in [-0.4, -0.2) is 30.6 Å². The molecule has 1 aliphatic rings. The molecule has 0 atom stereocenters. The normalized spacial score (nSPS) is 15.5. The number of anilines is 1. The van der Waals surface area contributed by atoms with Crippen molar-refractivity contribution in [1.29, 1.82) is 0 Å². The van der Waals surface area contributed by atoms with Gasteiger partial charge in [-0.25, -0.2) is 9.29 Å². The Morgan fingerprint density at radius 1 is 1.24 bits per heavy atom. The van der Waals surface area contributed by atoms with Crippen LogP contribution in [-0.2, 0) is 9.59 Å². The summed E-state index contributed by atoms with van der Waals surface area (Å²) in [5.74, 6) is -1.09. The average Bonchev–Trinajstić information content (AvgIpc) is 2.68. The summed E-state index contributed by atoms with van der Waals surface area (Å²) in [6.45, 7) is 2.29. The van der Waals surface area contributed by atoms with Gasteiger partial charge < -0.3 is 9.47 Å². The number of nitrogens with zero attached hydrogens (tertiary/aromatic N) is 1. The van der Waals surface area contributed by atoms with Crippen LogP contribution in [0.25, 0.3) is 6.08 Å². The number of thiocarbonyl (C=S) groups is 1. The molecule has 1 fully saturated rings. The van der Waals surface area contributed by atoms with Gasteiger partial charge >= 0.3 is 0 Å². The van der Waals surface area contributed by atoms with Crippen molar-refractivity contribution in [3.63, 3.8) is 0 Å². The summed E-state index contributed by atoms with van der Waals surface area (Å²) in [7, 11) is 1.49. The Morgan fingerprint density at radius 2 is 1.97 bits per heavy atom. The molecule has 9 heteroatoms. The van der Waals surface area contributed by atoms with E-state index in [2.05, 4.69) is 21.2 Å². The molecule has 0 saturated carbocycles. The van der Waals surface area contributed by atoms with Crippen LogP contribution in [0.3, 0.4) is 0 Å². The number of benzene rings is 2. The third kappa shape index (κ3) is 4.15. The summed E-state index contributed by atoms with van der Waals surface area (Å²) in [6.07, 6.45) is 1.38. The van der Waals surface area contributed by atoms with Crippen molar-refractivity contribution >= 4 is 56.8 Å². The SMILES string of the molecule is CCOc1cc(Br)c(/C=C2/C(=O)NC(=S)N(c3ccccc3F)C2=O)cc1OC. The molecular weight excluding hydrogens is 463 g/mol. The van der Waals surface area contributed by atoms with Crippen LogP contribution in [0.4, 0.5) is 10.1 Å². The standard InChI is InChI=1S/C20H16BrFN2O4S/c1-3-28-17-10-13(21)11(9-16(17)27-2)8-12-18(25)23-20(29)24(19(12)26)15-7-5-4-6-14(15)22/h4-10H,3H2,1-2H3,(H,23,25,29)/b12-8-. The molecule has 1 saturated heterocycles. The highest BCUT2D eigenvalue weighted by molar-refractivity contribution is 9.10. The topological polar surface area (TPSA) is 67.9 Å². The summed E-state index contributed by atoms with van der Waals surface area (Å²) >= 11 is 8.49. The van der Waals surface area contributed by atoms with Crippen molar-refractivity contribution in [3.05, 3.63) is 57.8 Å². The molecule has 3 rings (SSSR count). The lowest BCUT2D eigenvalue weighted by Crippen LogP contribution is -2.54. The summed E-state index contributed by atoms with van der Waals surface area (Å²) < 4.78 is 25.6. The van der Waals surface area contributed by atoms with E-state index in [1.54, 1.807) is 18.2 Å². The lowest BCUT2D eigenvalue weighted by molar-refractivity contribution is -0.122. The second-order valence-corrected chi connectivity index (χ2v) is 7.11. The van der Waals surface area contributed by atoms with E-state index in [1.165, 1.54) is 31.4 Å². The van der Waals surface area contributed by atoms with Crippen molar-refractivity contribution in [3.8, 4) is 11.5 Å². The minimum atomic E-state index is -0.733. The zero-order chi connectivity index (χ0) is 21.1. The quantitative estimate of drug-likeness (QED) is 0.401. The minimum absolute atomic E-state index is 0.0447. The molecule has 0 aliphatic carbocycles. The molecule has 0 aromatic heterocycles. The number of para-hydroxylation sites is 1. The van der Waals surface area contributed by atoms with Crippen LogP contribution in [0.2, 0.25) is 0 Å². The van der Waals surface area contributed by atoms with Crippen LogP contribution in [0.15, 0.2) is 46.4 Å². The van der Waals surface area contributed by atoms with Crippen LogP contribution in [0.1, 0.15) is 12.5 Å². The van der Waals surface area contributed by atoms with Crippen LogP contribution >= 0.6 is 28.1 Å². The Bertz CT molecular complexity index is 1040. The molecule has 0 bridgehead atoms. The molecule has 0 spiro atoms. The zero-order valence-corrected chi connectivity index (χ0v) is 17.9. The maximum atomic E-state index is 14.2. The smallest absolute Gasteiger partial charge is 0.270 e. The van der Waals surface area contributed by atoms with Gasteiger partial charge in [-0.15, -0.1) is 0 Å². The molecular formula is C20H16BrFN2O4S. The Morgan fingerprint density at radius 3 is 2.62 bits per heavy atom. The summed E-state index contributed by atoms with van der Waals surface area (Å²) in [5, 5.41) is 2.24. The molecule has 2 amide bonds. The van der Waals surface area contributed by atoms with Gasteiger partial charge in [-0.05, 0) is 55.0 Å². The van der Waals surface area contributed by atoms with Gasteiger partial charge in [0, 0.05) is 4.47 Å². The van der Waals surface area contributed by atoms with E-state index in [0.29, 0.717) is 28.1 Å². The molecule has 6 nitrogen and oxygen atoms in total. The molecule has 1 N–H and O–H groups in total. The first-order valence-corrected chi connectivity index (χ1v) is 9.73. The Kier molecular flexibility index (Phi) is 6.29. The van der Waals surface area contributed by atoms with Gasteiger partial charge in [-0.1, -0.05) is 28.1 Å². The molecule has 150 valence electrons. The summed E-state index contributed by atoms with van der Waals surface area (Å²) in [4.78, 5) is 26.4. The Balaban J connectivity index is 2.06. The van der Waals surface area contributed by atoms with E-state index in [4.69, 9.17) is 21.7 Å². The van der Waals surface area contributed by atoms with Gasteiger partial charge in [-0.2, -0.15) is 0 Å². The largest absolute Gasteiger partial charge is 0.493 e. The Hall–Kier alpha value is -2.78. The van der Waals surface area contributed by atoms with Crippen molar-refractivity contribution < 1.29 is 23.5 Å². The van der Waals surface area contributed by atoms with Gasteiger partial charge in [0.2, 0.25) is 0 Å². The van der Waals surface area contributed by atoms with E-state index in [0.717, 1.165) is 4.90 Å². The van der Waals surface area contributed by atoms with Crippen molar-refractivity contribution in [2.24, 2.45) is 0 Å². The van der Waals surface area contributed by atoms with Gasteiger partial charge in [0.25, 0.3) is 11.8 Å². The molecule has 1 aliphatic heterocycles. The first-order chi connectivity index (χ1) is 13.9. The number of carbonyl (C=O) groups is 2. The number of hydrogen-bond donors (Lipinski definition) is 1. The second kappa shape index (κ2) is 8.71. The lowest BCUT2D eigenvalue weighted by atomic mass is 10.1. The summed E-state index contributed by atoms with van der Waals surface area (Å²) in [5.41, 5.74) is 0.260. The van der Waals surface area contributed by atoms with Gasteiger partial charge in [-0.3, -0.25) is 14.9 Å². The highest BCUT2D eigenvalue weighted by atomic mass is 79.9. The van der Waals surface area contributed by atoms with E-state index in [-0.39, 0.29) is 16.4 Å². The van der Waals surface area contributed by atoms with Crippen LogP contribution < -0.4 is 19.7 Å². The van der Waals surface area contributed by atoms with Crippen LogP contribution in [0, 0.1) is 5.82 Å². The highest BCUT2D eigenvalue weighted by Crippen LogP contribution is 2.35.